The number of halogens is 1. The van der Waals surface area contributed by atoms with E-state index in [1.165, 1.54) is 5.69 Å². The standard InChI is InChI=1S/C7H7IN2/c1-5-9-6-2-3-8-4-7(6)10-5/h2-4H,1H3,(H,9,10). The van der Waals surface area contributed by atoms with Gasteiger partial charge in [-0.3, -0.25) is 0 Å². The van der Waals surface area contributed by atoms with Crippen LogP contribution < -0.4 is 0 Å². The highest BCUT2D eigenvalue weighted by atomic mass is 127. The van der Waals surface area contributed by atoms with Crippen molar-refractivity contribution in [1.29, 1.82) is 0 Å². The number of aromatic amines is 1. The summed E-state index contributed by atoms with van der Waals surface area (Å²) < 4.78 is 4.47. The number of H-pyrrole nitrogens is 1. The van der Waals surface area contributed by atoms with Crippen molar-refractivity contribution in [3.63, 3.8) is 0 Å². The minimum absolute atomic E-state index is 0.151. The van der Waals surface area contributed by atoms with Crippen LogP contribution in [0, 0.1) is 6.92 Å². The smallest absolute Gasteiger partial charge is 0.104 e. The fourth-order valence-electron chi connectivity index (χ4n) is 0.933. The highest BCUT2D eigenvalue weighted by Gasteiger charge is 2.03. The highest BCUT2D eigenvalue weighted by Crippen LogP contribution is 2.16. The Bertz CT molecular complexity index is 280. The average molecular weight is 246 g/mol. The van der Waals surface area contributed by atoms with Gasteiger partial charge in [-0.05, 0) is 21.1 Å². The van der Waals surface area contributed by atoms with Gasteiger partial charge in [-0.2, -0.15) is 0 Å². The summed E-state index contributed by atoms with van der Waals surface area (Å²) in [5.74, 6) is 1.01. The Morgan fingerprint density at radius 1 is 1.60 bits per heavy atom. The second kappa shape index (κ2) is 2.30. The summed E-state index contributed by atoms with van der Waals surface area (Å²) in [5, 5.41) is 0. The number of hydrogen-bond acceptors (Lipinski definition) is 1. The molecule has 2 nitrogen and oxygen atoms in total. The van der Waals surface area contributed by atoms with Gasteiger partial charge in [-0.1, -0.05) is 20.7 Å². The molecule has 0 aromatic carbocycles. The monoisotopic (exact) mass is 246 g/mol. The first-order chi connectivity index (χ1) is 4.86. The number of nitrogens with one attached hydrogen (secondary N) is 1. The SMILES string of the molecule is Cc1nc2c([nH]1)C=CI=C2. The Labute approximate surface area is 69.1 Å². The van der Waals surface area contributed by atoms with E-state index in [2.05, 4.69) is 24.1 Å². The molecular weight excluding hydrogens is 239 g/mol. The lowest BCUT2D eigenvalue weighted by atomic mass is 10.3. The van der Waals surface area contributed by atoms with Crippen LogP contribution in [0.15, 0.2) is 4.08 Å². The Balaban J connectivity index is 2.64. The van der Waals surface area contributed by atoms with Crippen molar-refractivity contribution < 1.29 is 0 Å². The summed E-state index contributed by atoms with van der Waals surface area (Å²) >= 11 is 0.151. The van der Waals surface area contributed by atoms with Crippen LogP contribution >= 0.6 is 20.7 Å². The molecule has 2 rings (SSSR count). The fraction of sp³-hybridized carbons (Fsp3) is 0.143. The van der Waals surface area contributed by atoms with E-state index in [1.54, 1.807) is 0 Å². The van der Waals surface area contributed by atoms with Crippen LogP contribution in [0.25, 0.3) is 6.08 Å². The van der Waals surface area contributed by atoms with E-state index >= 15 is 0 Å². The zero-order valence-corrected chi connectivity index (χ0v) is 7.71. The fourth-order valence-corrected chi connectivity index (χ4v) is 2.52. The summed E-state index contributed by atoms with van der Waals surface area (Å²) in [7, 11) is 0. The molecule has 1 aromatic heterocycles. The Kier molecular flexibility index (Phi) is 1.44. The molecule has 0 aliphatic carbocycles. The molecule has 0 amide bonds. The first-order valence-corrected chi connectivity index (χ1v) is 5.54. The van der Waals surface area contributed by atoms with Gasteiger partial charge >= 0.3 is 0 Å². The minimum atomic E-state index is 0.151. The number of rotatable bonds is 0. The van der Waals surface area contributed by atoms with Gasteiger partial charge in [-0.15, -0.1) is 0 Å². The van der Waals surface area contributed by atoms with Crippen LogP contribution in [0.3, 0.4) is 0 Å². The third-order valence-corrected chi connectivity index (χ3v) is 3.07. The molecule has 0 radical (unpaired) electrons. The first kappa shape index (κ1) is 6.27. The Morgan fingerprint density at radius 2 is 2.50 bits per heavy atom. The van der Waals surface area contributed by atoms with Crippen LogP contribution in [0.5, 0.6) is 0 Å². The van der Waals surface area contributed by atoms with Crippen LogP contribution in [0.2, 0.25) is 0 Å². The van der Waals surface area contributed by atoms with Gasteiger partial charge in [0, 0.05) is 0 Å². The second-order valence-electron chi connectivity index (χ2n) is 2.15. The first-order valence-electron chi connectivity index (χ1n) is 3.04. The highest BCUT2D eigenvalue weighted by molar-refractivity contribution is 14.2. The van der Waals surface area contributed by atoms with E-state index in [-0.39, 0.29) is 20.7 Å². The molecule has 0 saturated heterocycles. The number of aromatic nitrogens is 2. The lowest BCUT2D eigenvalue weighted by molar-refractivity contribution is 1.14. The average Bonchev–Trinajstić information content (AvgIpc) is 2.27. The summed E-state index contributed by atoms with van der Waals surface area (Å²) in [6.07, 6.45) is 2.13. The molecule has 0 unspecified atom stereocenters. The van der Waals surface area contributed by atoms with Gasteiger partial charge in [0.2, 0.25) is 0 Å². The molecule has 0 atom stereocenters. The van der Waals surface area contributed by atoms with E-state index in [0.717, 1.165) is 11.5 Å². The zero-order chi connectivity index (χ0) is 6.97. The van der Waals surface area contributed by atoms with Crippen LogP contribution in [0.1, 0.15) is 17.2 Å². The van der Waals surface area contributed by atoms with Gasteiger partial charge in [-0.25, -0.2) is 4.98 Å². The predicted octanol–water partition coefficient (Wildman–Crippen LogP) is 1.82. The van der Waals surface area contributed by atoms with E-state index in [1.807, 2.05) is 6.92 Å². The number of fused-ring (bicyclic) bond motifs is 1. The van der Waals surface area contributed by atoms with E-state index < -0.39 is 0 Å². The van der Waals surface area contributed by atoms with E-state index in [9.17, 15) is 0 Å². The molecule has 3 heteroatoms. The predicted molar refractivity (Wildman–Crippen MR) is 51.5 cm³/mol. The maximum Gasteiger partial charge on any atom is 0.104 e. The molecule has 0 saturated carbocycles. The number of nitrogens with zero attached hydrogens (tertiary/aromatic N) is 1. The number of imidazole rings is 1. The number of hydrogen-bond donors (Lipinski definition) is 1. The molecule has 1 aliphatic rings. The van der Waals surface area contributed by atoms with Crippen molar-refractivity contribution in [2.24, 2.45) is 0 Å². The maximum absolute atomic E-state index is 4.32. The van der Waals surface area contributed by atoms with Crippen molar-refractivity contribution in [2.75, 3.05) is 0 Å². The molecule has 52 valence electrons. The van der Waals surface area contributed by atoms with Gasteiger partial charge < -0.3 is 4.98 Å². The molecule has 0 bridgehead atoms. The minimum Gasteiger partial charge on any atom is -0.342 e. The molecule has 0 fully saturated rings. The third-order valence-electron chi connectivity index (χ3n) is 1.35. The maximum atomic E-state index is 4.32. The van der Waals surface area contributed by atoms with Gasteiger partial charge in [0.05, 0.1) is 11.4 Å². The van der Waals surface area contributed by atoms with Gasteiger partial charge in [0.15, 0.2) is 0 Å². The van der Waals surface area contributed by atoms with Gasteiger partial charge in [0.1, 0.15) is 5.82 Å². The Hall–Kier alpha value is -0.450. The van der Waals surface area contributed by atoms with Crippen LogP contribution in [-0.2, 0) is 0 Å². The molecular formula is C7H7IN2. The van der Waals surface area contributed by atoms with Crippen molar-refractivity contribution in [3.05, 3.63) is 21.3 Å². The summed E-state index contributed by atoms with van der Waals surface area (Å²) in [6, 6.07) is 0. The normalized spacial score (nSPS) is 14.5. The molecule has 1 N–H and O–H groups in total. The lowest BCUT2D eigenvalue weighted by Gasteiger charge is -1.91. The van der Waals surface area contributed by atoms with Crippen molar-refractivity contribution >= 4 is 30.8 Å². The summed E-state index contributed by atoms with van der Waals surface area (Å²) in [4.78, 5) is 7.50. The van der Waals surface area contributed by atoms with Crippen molar-refractivity contribution in [1.82, 2.24) is 9.97 Å². The molecule has 2 heterocycles. The largest absolute Gasteiger partial charge is 0.342 e. The zero-order valence-electron chi connectivity index (χ0n) is 5.56. The topological polar surface area (TPSA) is 28.7 Å². The molecule has 1 aliphatic heterocycles. The van der Waals surface area contributed by atoms with E-state index in [0.29, 0.717) is 0 Å². The van der Waals surface area contributed by atoms with Crippen molar-refractivity contribution in [3.8, 4) is 0 Å². The summed E-state index contributed by atoms with van der Waals surface area (Å²) in [6.45, 7) is 1.98. The van der Waals surface area contributed by atoms with Crippen molar-refractivity contribution in [2.45, 2.75) is 6.92 Å². The summed E-state index contributed by atoms with van der Waals surface area (Å²) in [5.41, 5.74) is 2.32. The third kappa shape index (κ3) is 0.941. The quantitative estimate of drug-likeness (QED) is 0.695. The van der Waals surface area contributed by atoms with E-state index in [4.69, 9.17) is 0 Å². The van der Waals surface area contributed by atoms with Gasteiger partial charge in [0.25, 0.3) is 0 Å². The molecule has 10 heavy (non-hydrogen) atoms. The van der Waals surface area contributed by atoms with Crippen LogP contribution in [0.4, 0.5) is 0 Å². The second-order valence-corrected chi connectivity index (χ2v) is 4.21. The lowest BCUT2D eigenvalue weighted by Crippen LogP contribution is -1.83. The Morgan fingerprint density at radius 3 is 3.30 bits per heavy atom. The molecule has 1 aromatic rings. The number of aryl methyl sites for hydroxylation is 1. The van der Waals surface area contributed by atoms with Crippen LogP contribution in [-0.4, -0.2) is 14.0 Å². The molecule has 0 spiro atoms.